The van der Waals surface area contributed by atoms with Gasteiger partial charge in [0.15, 0.2) is 6.61 Å². The fourth-order valence-corrected chi connectivity index (χ4v) is 3.66. The molecule has 0 bridgehead atoms. The lowest BCUT2D eigenvalue weighted by Gasteiger charge is -2.05. The van der Waals surface area contributed by atoms with Crippen LogP contribution in [0.25, 0.3) is 11.4 Å². The van der Waals surface area contributed by atoms with E-state index in [2.05, 4.69) is 15.5 Å². The fraction of sp³-hybridized carbons (Fsp3) is 0.263. The Bertz CT molecular complexity index is 1010. The van der Waals surface area contributed by atoms with Gasteiger partial charge in [0.2, 0.25) is 11.7 Å². The van der Waals surface area contributed by atoms with Gasteiger partial charge in [-0.05, 0) is 31.9 Å². The van der Waals surface area contributed by atoms with Crippen molar-refractivity contribution >= 4 is 28.2 Å². The van der Waals surface area contributed by atoms with Crippen molar-refractivity contribution < 1.29 is 18.8 Å². The second-order valence-corrected chi connectivity index (χ2v) is 7.30. The maximum Gasteiger partial charge on any atom is 0.341 e. The molecule has 3 aromatic rings. The number of thiophene rings is 1. The summed E-state index contributed by atoms with van der Waals surface area (Å²) >= 11 is 1.34. The molecule has 2 heterocycles. The quantitative estimate of drug-likeness (QED) is 0.666. The van der Waals surface area contributed by atoms with Crippen LogP contribution in [-0.2, 0) is 16.1 Å². The van der Waals surface area contributed by atoms with E-state index in [1.807, 2.05) is 45.0 Å². The van der Waals surface area contributed by atoms with Crippen molar-refractivity contribution in [3.05, 3.63) is 51.7 Å². The molecule has 1 aromatic carbocycles. The number of ether oxygens (including phenoxy) is 1. The first-order valence-corrected chi connectivity index (χ1v) is 9.11. The number of hydrogen-bond acceptors (Lipinski definition) is 7. The predicted molar refractivity (Wildman–Crippen MR) is 102 cm³/mol. The summed E-state index contributed by atoms with van der Waals surface area (Å²) < 4.78 is 10.5. The highest BCUT2D eigenvalue weighted by Crippen LogP contribution is 2.33. The maximum absolute atomic E-state index is 12.5. The molecular formula is C19H19N3O4S. The smallest absolute Gasteiger partial charge is 0.341 e. The lowest BCUT2D eigenvalue weighted by molar-refractivity contribution is -0.114. The van der Waals surface area contributed by atoms with Gasteiger partial charge in [0.1, 0.15) is 5.00 Å². The number of nitrogens with zero attached hydrogens (tertiary/aromatic N) is 2. The van der Waals surface area contributed by atoms with Crippen molar-refractivity contribution in [1.29, 1.82) is 0 Å². The summed E-state index contributed by atoms with van der Waals surface area (Å²) in [6.07, 6.45) is 0. The Kier molecular flexibility index (Phi) is 5.36. The summed E-state index contributed by atoms with van der Waals surface area (Å²) in [6, 6.07) is 7.67. The molecule has 0 radical (unpaired) electrons. The summed E-state index contributed by atoms with van der Waals surface area (Å²) in [4.78, 5) is 29.1. The Labute approximate surface area is 160 Å². The molecule has 0 atom stereocenters. The number of hydrogen-bond donors (Lipinski definition) is 1. The topological polar surface area (TPSA) is 94.3 Å². The van der Waals surface area contributed by atoms with Gasteiger partial charge in [-0.2, -0.15) is 4.98 Å². The molecule has 0 unspecified atom stereocenters. The second-order valence-electron chi connectivity index (χ2n) is 6.07. The minimum Gasteiger partial charge on any atom is -0.452 e. The molecule has 1 N–H and O–H groups in total. The number of carbonyl (C=O) groups is 2. The standard InChI is InChI=1S/C19H19N3O4S/c1-10-7-5-6-8-14(10)17-21-15(26-22-17)9-25-19(24)16-11(2)12(3)27-18(16)20-13(4)23/h5-8H,9H2,1-4H3,(H,20,23). The monoisotopic (exact) mass is 385 g/mol. The first-order valence-electron chi connectivity index (χ1n) is 8.30. The highest BCUT2D eigenvalue weighted by Gasteiger charge is 2.22. The number of aromatic nitrogens is 2. The molecule has 7 nitrogen and oxygen atoms in total. The van der Waals surface area contributed by atoms with Gasteiger partial charge in [0.05, 0.1) is 5.56 Å². The zero-order chi connectivity index (χ0) is 19.6. The summed E-state index contributed by atoms with van der Waals surface area (Å²) in [5.74, 6) is -0.144. The normalized spacial score (nSPS) is 10.7. The van der Waals surface area contributed by atoms with Crippen molar-refractivity contribution in [1.82, 2.24) is 10.1 Å². The molecule has 140 valence electrons. The van der Waals surface area contributed by atoms with Crippen LogP contribution in [0, 0.1) is 20.8 Å². The van der Waals surface area contributed by atoms with Gasteiger partial charge in [0.25, 0.3) is 5.89 Å². The molecule has 1 amide bonds. The van der Waals surface area contributed by atoms with E-state index in [4.69, 9.17) is 9.26 Å². The van der Waals surface area contributed by atoms with Crippen LogP contribution in [-0.4, -0.2) is 22.0 Å². The average molecular weight is 385 g/mol. The fourth-order valence-electron chi connectivity index (χ4n) is 2.57. The molecule has 8 heteroatoms. The minimum atomic E-state index is -0.545. The molecule has 0 saturated heterocycles. The molecule has 2 aromatic heterocycles. The Balaban J connectivity index is 1.74. The molecule has 3 rings (SSSR count). The van der Waals surface area contributed by atoms with Gasteiger partial charge < -0.3 is 14.6 Å². The molecule has 0 fully saturated rings. The molecule has 0 aliphatic carbocycles. The number of esters is 1. The SMILES string of the molecule is CC(=O)Nc1sc(C)c(C)c1C(=O)OCc1nc(-c2ccccc2C)no1. The number of nitrogens with one attached hydrogen (secondary N) is 1. The van der Waals surface area contributed by atoms with Crippen molar-refractivity contribution in [3.8, 4) is 11.4 Å². The van der Waals surface area contributed by atoms with Crippen LogP contribution in [0.4, 0.5) is 5.00 Å². The molecule has 0 aliphatic heterocycles. The van der Waals surface area contributed by atoms with Crippen molar-refractivity contribution in [2.75, 3.05) is 5.32 Å². The van der Waals surface area contributed by atoms with Gasteiger partial charge in [-0.1, -0.05) is 29.4 Å². The van der Waals surface area contributed by atoms with Gasteiger partial charge in [-0.3, -0.25) is 4.79 Å². The maximum atomic E-state index is 12.5. The Morgan fingerprint density at radius 3 is 2.67 bits per heavy atom. The third kappa shape index (κ3) is 4.06. The van der Waals surface area contributed by atoms with Crippen LogP contribution in [0.5, 0.6) is 0 Å². The number of carbonyl (C=O) groups excluding carboxylic acids is 2. The molecule has 0 saturated carbocycles. The zero-order valence-electron chi connectivity index (χ0n) is 15.5. The van der Waals surface area contributed by atoms with E-state index in [0.717, 1.165) is 21.6 Å². The largest absolute Gasteiger partial charge is 0.452 e. The Hall–Kier alpha value is -3.00. The van der Waals surface area contributed by atoms with Crippen LogP contribution < -0.4 is 5.32 Å². The van der Waals surface area contributed by atoms with E-state index in [1.54, 1.807) is 0 Å². The summed E-state index contributed by atoms with van der Waals surface area (Å²) in [5, 5.41) is 7.10. The molecule has 0 spiro atoms. The Morgan fingerprint density at radius 2 is 1.96 bits per heavy atom. The van der Waals surface area contributed by atoms with Crippen LogP contribution in [0.2, 0.25) is 0 Å². The third-order valence-corrected chi connectivity index (χ3v) is 5.18. The highest BCUT2D eigenvalue weighted by molar-refractivity contribution is 7.16. The number of benzene rings is 1. The van der Waals surface area contributed by atoms with Gasteiger partial charge in [0, 0.05) is 17.4 Å². The minimum absolute atomic E-state index is 0.147. The lowest BCUT2D eigenvalue weighted by Crippen LogP contribution is -2.12. The van der Waals surface area contributed by atoms with Gasteiger partial charge >= 0.3 is 5.97 Å². The third-order valence-electron chi connectivity index (χ3n) is 4.06. The van der Waals surface area contributed by atoms with Crippen LogP contribution in [0.1, 0.15) is 39.2 Å². The zero-order valence-corrected chi connectivity index (χ0v) is 16.3. The molecule has 0 aliphatic rings. The van der Waals surface area contributed by atoms with Gasteiger partial charge in [-0.25, -0.2) is 4.79 Å². The molecular weight excluding hydrogens is 366 g/mol. The van der Waals surface area contributed by atoms with E-state index in [9.17, 15) is 9.59 Å². The first-order chi connectivity index (χ1) is 12.9. The predicted octanol–water partition coefficient (Wildman–Crippen LogP) is 4.04. The second kappa shape index (κ2) is 7.71. The lowest BCUT2D eigenvalue weighted by atomic mass is 10.1. The number of amides is 1. The first kappa shape index (κ1) is 18.8. The van der Waals surface area contributed by atoms with Crippen molar-refractivity contribution in [3.63, 3.8) is 0 Å². The van der Waals surface area contributed by atoms with E-state index < -0.39 is 5.97 Å². The van der Waals surface area contributed by atoms with Crippen LogP contribution in [0.3, 0.4) is 0 Å². The van der Waals surface area contributed by atoms with E-state index in [-0.39, 0.29) is 18.4 Å². The number of rotatable bonds is 5. The highest BCUT2D eigenvalue weighted by atomic mass is 32.1. The summed E-state index contributed by atoms with van der Waals surface area (Å²) in [5.41, 5.74) is 3.01. The van der Waals surface area contributed by atoms with Crippen LogP contribution in [0.15, 0.2) is 28.8 Å². The van der Waals surface area contributed by atoms with Crippen molar-refractivity contribution in [2.24, 2.45) is 0 Å². The average Bonchev–Trinajstić information content (AvgIpc) is 3.18. The van der Waals surface area contributed by atoms with E-state index in [1.165, 1.54) is 18.3 Å². The summed E-state index contributed by atoms with van der Waals surface area (Å²) in [6.45, 7) is 6.90. The summed E-state index contributed by atoms with van der Waals surface area (Å²) in [7, 11) is 0. The van der Waals surface area contributed by atoms with E-state index >= 15 is 0 Å². The molecule has 27 heavy (non-hydrogen) atoms. The number of aryl methyl sites for hydroxylation is 2. The van der Waals surface area contributed by atoms with E-state index in [0.29, 0.717) is 16.4 Å². The van der Waals surface area contributed by atoms with Crippen LogP contribution >= 0.6 is 11.3 Å². The van der Waals surface area contributed by atoms with Gasteiger partial charge in [-0.15, -0.1) is 11.3 Å². The Morgan fingerprint density at radius 1 is 1.22 bits per heavy atom. The number of anilines is 1. The van der Waals surface area contributed by atoms with Crippen molar-refractivity contribution in [2.45, 2.75) is 34.3 Å².